The van der Waals surface area contributed by atoms with Crippen molar-refractivity contribution in [3.8, 4) is 0 Å². The second-order valence-corrected chi connectivity index (χ2v) is 6.83. The Labute approximate surface area is 146 Å². The summed E-state index contributed by atoms with van der Waals surface area (Å²) in [4.78, 5) is 19.4. The number of nitrogens with zero attached hydrogens (tertiary/aromatic N) is 5. The Hall–Kier alpha value is -2.22. The van der Waals surface area contributed by atoms with Gasteiger partial charge in [0.25, 0.3) is 5.91 Å². The fourth-order valence-corrected chi connectivity index (χ4v) is 3.73. The maximum absolute atomic E-state index is 12.9. The van der Waals surface area contributed by atoms with Crippen LogP contribution in [0.5, 0.6) is 0 Å². The van der Waals surface area contributed by atoms with Gasteiger partial charge in [-0.2, -0.15) is 10.1 Å². The van der Waals surface area contributed by atoms with Crippen molar-refractivity contribution in [1.82, 2.24) is 24.8 Å². The fraction of sp³-hybridized carbons (Fsp3) is 0.647. The average molecular weight is 345 g/mol. The van der Waals surface area contributed by atoms with E-state index in [-0.39, 0.29) is 17.9 Å². The van der Waals surface area contributed by atoms with Crippen molar-refractivity contribution in [3.63, 3.8) is 0 Å². The molecule has 0 N–H and O–H groups in total. The summed E-state index contributed by atoms with van der Waals surface area (Å²) in [5, 5.41) is 8.45. The van der Waals surface area contributed by atoms with E-state index in [0.29, 0.717) is 18.1 Å². The Kier molecular flexibility index (Phi) is 4.29. The van der Waals surface area contributed by atoms with Crippen molar-refractivity contribution < 1.29 is 14.1 Å². The summed E-state index contributed by atoms with van der Waals surface area (Å²) in [6, 6.07) is 1.67. The molecule has 134 valence electrons. The molecule has 0 saturated carbocycles. The summed E-state index contributed by atoms with van der Waals surface area (Å²) < 4.78 is 12.6. The third-order valence-corrected chi connectivity index (χ3v) is 5.06. The molecule has 1 amide bonds. The molecule has 2 aromatic heterocycles. The fourth-order valence-electron chi connectivity index (χ4n) is 3.73. The first-order valence-corrected chi connectivity index (χ1v) is 8.86. The number of carbonyl (C=O) groups excluding carboxylic acids is 1. The normalized spacial score (nSPS) is 21.8. The lowest BCUT2D eigenvalue weighted by molar-refractivity contribution is 0.0698. The number of aryl methyl sites for hydroxylation is 2. The zero-order valence-electron chi connectivity index (χ0n) is 14.6. The molecule has 2 aromatic rings. The van der Waals surface area contributed by atoms with Crippen LogP contribution in [0.2, 0.25) is 0 Å². The van der Waals surface area contributed by atoms with Crippen LogP contribution in [0.15, 0.2) is 10.6 Å². The summed E-state index contributed by atoms with van der Waals surface area (Å²) in [6.45, 7) is 4.06. The summed E-state index contributed by atoms with van der Waals surface area (Å²) in [5.41, 5.74) is 1.43. The van der Waals surface area contributed by atoms with Crippen LogP contribution in [0.1, 0.15) is 65.5 Å². The number of hydrogen-bond acceptors (Lipinski definition) is 6. The molecule has 0 bridgehead atoms. The predicted molar refractivity (Wildman–Crippen MR) is 88.0 cm³/mol. The SMILES string of the molecule is Cc1cc(C(=O)N2CCCC2c2nc(C3CCOCC3)no2)n(C)n1. The van der Waals surface area contributed by atoms with Gasteiger partial charge in [0.15, 0.2) is 5.82 Å². The van der Waals surface area contributed by atoms with Gasteiger partial charge < -0.3 is 14.2 Å². The van der Waals surface area contributed by atoms with E-state index in [1.165, 1.54) is 0 Å². The Morgan fingerprint density at radius 1 is 1.28 bits per heavy atom. The van der Waals surface area contributed by atoms with Gasteiger partial charge in [-0.15, -0.1) is 0 Å². The second kappa shape index (κ2) is 6.59. The van der Waals surface area contributed by atoms with Crippen LogP contribution < -0.4 is 0 Å². The number of amides is 1. The Morgan fingerprint density at radius 2 is 2.08 bits per heavy atom. The van der Waals surface area contributed by atoms with Crippen molar-refractivity contribution in [2.45, 2.75) is 44.6 Å². The molecular weight excluding hydrogens is 322 g/mol. The molecule has 1 atom stereocenters. The van der Waals surface area contributed by atoms with Crippen LogP contribution in [-0.4, -0.2) is 50.5 Å². The van der Waals surface area contributed by atoms with Crippen LogP contribution in [-0.2, 0) is 11.8 Å². The van der Waals surface area contributed by atoms with Crippen molar-refractivity contribution >= 4 is 5.91 Å². The number of likely N-dealkylation sites (tertiary alicyclic amines) is 1. The molecule has 1 unspecified atom stereocenters. The summed E-state index contributed by atoms with van der Waals surface area (Å²) in [5.74, 6) is 1.55. The molecule has 2 fully saturated rings. The molecule has 25 heavy (non-hydrogen) atoms. The molecule has 2 aliphatic rings. The maximum atomic E-state index is 12.9. The van der Waals surface area contributed by atoms with E-state index in [9.17, 15) is 4.79 Å². The van der Waals surface area contributed by atoms with Crippen molar-refractivity contribution in [2.24, 2.45) is 7.05 Å². The number of aromatic nitrogens is 4. The third kappa shape index (κ3) is 3.06. The molecular formula is C17H23N5O3. The highest BCUT2D eigenvalue weighted by Gasteiger charge is 2.36. The quantitative estimate of drug-likeness (QED) is 0.845. The van der Waals surface area contributed by atoms with Crippen LogP contribution in [0.4, 0.5) is 0 Å². The van der Waals surface area contributed by atoms with Crippen molar-refractivity contribution in [3.05, 3.63) is 29.2 Å². The second-order valence-electron chi connectivity index (χ2n) is 6.83. The van der Waals surface area contributed by atoms with E-state index in [4.69, 9.17) is 9.26 Å². The highest BCUT2D eigenvalue weighted by molar-refractivity contribution is 5.93. The zero-order chi connectivity index (χ0) is 17.4. The Morgan fingerprint density at radius 3 is 2.80 bits per heavy atom. The topological polar surface area (TPSA) is 86.3 Å². The predicted octanol–water partition coefficient (Wildman–Crippen LogP) is 1.98. The van der Waals surface area contributed by atoms with E-state index in [1.54, 1.807) is 11.7 Å². The largest absolute Gasteiger partial charge is 0.381 e. The zero-order valence-corrected chi connectivity index (χ0v) is 14.6. The first kappa shape index (κ1) is 16.3. The van der Waals surface area contributed by atoms with E-state index in [2.05, 4.69) is 15.2 Å². The van der Waals surface area contributed by atoms with Gasteiger partial charge in [-0.05, 0) is 38.7 Å². The van der Waals surface area contributed by atoms with Gasteiger partial charge in [-0.25, -0.2) is 0 Å². The molecule has 2 aliphatic heterocycles. The molecule has 8 nitrogen and oxygen atoms in total. The number of rotatable bonds is 3. The smallest absolute Gasteiger partial charge is 0.272 e. The maximum Gasteiger partial charge on any atom is 0.272 e. The first-order chi connectivity index (χ1) is 12.1. The highest BCUT2D eigenvalue weighted by atomic mass is 16.5. The van der Waals surface area contributed by atoms with Crippen molar-refractivity contribution in [2.75, 3.05) is 19.8 Å². The minimum Gasteiger partial charge on any atom is -0.381 e. The monoisotopic (exact) mass is 345 g/mol. The number of hydrogen-bond donors (Lipinski definition) is 0. The van der Waals surface area contributed by atoms with Gasteiger partial charge in [0, 0.05) is 32.7 Å². The lowest BCUT2D eigenvalue weighted by Gasteiger charge is -2.22. The van der Waals surface area contributed by atoms with Crippen LogP contribution in [0.25, 0.3) is 0 Å². The molecule has 4 heterocycles. The van der Waals surface area contributed by atoms with Crippen molar-refractivity contribution in [1.29, 1.82) is 0 Å². The third-order valence-electron chi connectivity index (χ3n) is 5.06. The van der Waals surface area contributed by atoms with Gasteiger partial charge in [-0.1, -0.05) is 5.16 Å². The molecule has 0 radical (unpaired) electrons. The minimum absolute atomic E-state index is 0.0311. The van der Waals surface area contributed by atoms with Crippen LogP contribution >= 0.6 is 0 Å². The van der Waals surface area contributed by atoms with Crippen LogP contribution in [0.3, 0.4) is 0 Å². The number of carbonyl (C=O) groups is 1. The summed E-state index contributed by atoms with van der Waals surface area (Å²) in [6.07, 6.45) is 3.61. The Bertz CT molecular complexity index is 762. The molecule has 0 spiro atoms. The highest BCUT2D eigenvalue weighted by Crippen LogP contribution is 2.34. The lowest BCUT2D eigenvalue weighted by atomic mass is 10.00. The molecule has 8 heteroatoms. The van der Waals surface area contributed by atoms with Gasteiger partial charge in [0.2, 0.25) is 5.89 Å². The standard InChI is InChI=1S/C17H23N5O3/c1-11-10-14(21(2)19-11)17(23)22-7-3-4-13(22)16-18-15(20-25-16)12-5-8-24-9-6-12/h10,12-13H,3-9H2,1-2H3. The lowest BCUT2D eigenvalue weighted by Crippen LogP contribution is -2.32. The van der Waals surface area contributed by atoms with Crippen LogP contribution in [0, 0.1) is 6.92 Å². The van der Waals surface area contributed by atoms with Gasteiger partial charge in [-0.3, -0.25) is 9.48 Å². The summed E-state index contributed by atoms with van der Waals surface area (Å²) in [7, 11) is 1.79. The van der Waals surface area contributed by atoms with E-state index >= 15 is 0 Å². The first-order valence-electron chi connectivity index (χ1n) is 8.86. The van der Waals surface area contributed by atoms with E-state index < -0.39 is 0 Å². The molecule has 0 aliphatic carbocycles. The Balaban J connectivity index is 1.54. The minimum atomic E-state index is -0.149. The van der Waals surface area contributed by atoms with Gasteiger partial charge in [0.1, 0.15) is 11.7 Å². The van der Waals surface area contributed by atoms with E-state index in [0.717, 1.165) is 50.4 Å². The molecule has 4 rings (SSSR count). The summed E-state index contributed by atoms with van der Waals surface area (Å²) >= 11 is 0. The van der Waals surface area contributed by atoms with Gasteiger partial charge in [0.05, 0.1) is 5.69 Å². The van der Waals surface area contributed by atoms with E-state index in [1.807, 2.05) is 17.9 Å². The van der Waals surface area contributed by atoms with Gasteiger partial charge >= 0.3 is 0 Å². The average Bonchev–Trinajstić information content (AvgIpc) is 3.33. The molecule has 2 saturated heterocycles. The number of ether oxygens (including phenoxy) is 1. The molecule has 0 aromatic carbocycles.